The quantitative estimate of drug-likeness (QED) is 0.622. The topological polar surface area (TPSA) is 61.4 Å². The molecule has 0 aromatic carbocycles. The van der Waals surface area contributed by atoms with E-state index in [1.54, 1.807) is 4.90 Å². The summed E-state index contributed by atoms with van der Waals surface area (Å²) in [6, 6.07) is 0.0142. The van der Waals surface area contributed by atoms with E-state index in [2.05, 4.69) is 10.6 Å². The van der Waals surface area contributed by atoms with Crippen molar-refractivity contribution in [2.24, 2.45) is 0 Å². The van der Waals surface area contributed by atoms with Gasteiger partial charge in [-0.05, 0) is 19.8 Å². The third kappa shape index (κ3) is 2.90. The molecule has 1 heterocycles. The Labute approximate surface area is 83.8 Å². The molecule has 1 aliphatic rings. The van der Waals surface area contributed by atoms with Crippen LogP contribution in [-0.2, 0) is 4.79 Å². The van der Waals surface area contributed by atoms with Crippen molar-refractivity contribution >= 4 is 12.4 Å². The monoisotopic (exact) mass is 199 g/mol. The van der Waals surface area contributed by atoms with Crippen molar-refractivity contribution < 1.29 is 9.59 Å². The number of nitrogens with zero attached hydrogens (tertiary/aromatic N) is 1. The molecule has 0 saturated carbocycles. The van der Waals surface area contributed by atoms with E-state index in [1.165, 1.54) is 0 Å². The highest BCUT2D eigenvalue weighted by atomic mass is 16.2. The Bertz CT molecular complexity index is 208. The van der Waals surface area contributed by atoms with E-state index in [4.69, 9.17) is 0 Å². The van der Waals surface area contributed by atoms with E-state index in [0.717, 1.165) is 25.8 Å². The Morgan fingerprint density at radius 1 is 1.57 bits per heavy atom. The number of rotatable bonds is 4. The highest BCUT2D eigenvalue weighted by Crippen LogP contribution is 2.13. The van der Waals surface area contributed by atoms with Gasteiger partial charge in [0.25, 0.3) is 0 Å². The molecular weight excluding hydrogens is 182 g/mol. The first-order chi connectivity index (χ1) is 6.77. The largest absolute Gasteiger partial charge is 0.341 e. The standard InChI is InChI=1S/C9H17N3O2/c1-2-10-9(14)11-6-8-4-3-5-12(8)7-13/h7-8H,2-6H2,1H3,(H2,10,11,14). The summed E-state index contributed by atoms with van der Waals surface area (Å²) in [5, 5.41) is 5.38. The van der Waals surface area contributed by atoms with Crippen LogP contribution in [0.3, 0.4) is 0 Å². The van der Waals surface area contributed by atoms with E-state index >= 15 is 0 Å². The Kier molecular flexibility index (Phi) is 4.22. The van der Waals surface area contributed by atoms with Crippen LogP contribution in [0.2, 0.25) is 0 Å². The number of nitrogens with one attached hydrogen (secondary N) is 2. The molecular formula is C9H17N3O2. The van der Waals surface area contributed by atoms with Crippen molar-refractivity contribution in [3.05, 3.63) is 0 Å². The molecule has 0 aliphatic carbocycles. The van der Waals surface area contributed by atoms with Gasteiger partial charge in [-0.1, -0.05) is 0 Å². The molecule has 80 valence electrons. The lowest BCUT2D eigenvalue weighted by Gasteiger charge is -2.20. The maximum absolute atomic E-state index is 11.1. The fourth-order valence-electron chi connectivity index (χ4n) is 1.65. The van der Waals surface area contributed by atoms with Gasteiger partial charge in [-0.15, -0.1) is 0 Å². The normalized spacial score (nSPS) is 20.6. The summed E-state index contributed by atoms with van der Waals surface area (Å²) in [6.45, 7) is 3.84. The minimum Gasteiger partial charge on any atom is -0.341 e. The van der Waals surface area contributed by atoms with Gasteiger partial charge in [-0.25, -0.2) is 4.79 Å². The van der Waals surface area contributed by atoms with Crippen LogP contribution < -0.4 is 10.6 Å². The van der Waals surface area contributed by atoms with Crippen molar-refractivity contribution in [3.63, 3.8) is 0 Å². The summed E-state index contributed by atoms with van der Waals surface area (Å²) in [6.07, 6.45) is 2.86. The van der Waals surface area contributed by atoms with Crippen molar-refractivity contribution in [3.8, 4) is 0 Å². The Balaban J connectivity index is 2.23. The van der Waals surface area contributed by atoms with Gasteiger partial charge in [0, 0.05) is 25.7 Å². The number of hydrogen-bond donors (Lipinski definition) is 2. The van der Waals surface area contributed by atoms with Crippen molar-refractivity contribution in [1.29, 1.82) is 0 Å². The lowest BCUT2D eigenvalue weighted by Crippen LogP contribution is -2.43. The summed E-state index contributed by atoms with van der Waals surface area (Å²) < 4.78 is 0. The molecule has 1 unspecified atom stereocenters. The van der Waals surface area contributed by atoms with Crippen LogP contribution in [-0.4, -0.2) is 43.0 Å². The van der Waals surface area contributed by atoms with Crippen molar-refractivity contribution in [2.45, 2.75) is 25.8 Å². The molecule has 1 rings (SSSR count). The predicted octanol–water partition coefficient (Wildman–Crippen LogP) is -0.0737. The van der Waals surface area contributed by atoms with Gasteiger partial charge in [0.2, 0.25) is 6.41 Å². The molecule has 0 spiro atoms. The third-order valence-corrected chi connectivity index (χ3v) is 2.39. The summed E-state index contributed by atoms with van der Waals surface area (Å²) in [5.41, 5.74) is 0. The fraction of sp³-hybridized carbons (Fsp3) is 0.778. The molecule has 0 aromatic heterocycles. The molecule has 0 bridgehead atoms. The summed E-state index contributed by atoms with van der Waals surface area (Å²) >= 11 is 0. The molecule has 2 N–H and O–H groups in total. The second-order valence-electron chi connectivity index (χ2n) is 3.38. The lowest BCUT2D eigenvalue weighted by atomic mass is 10.2. The Morgan fingerprint density at radius 2 is 2.36 bits per heavy atom. The van der Waals surface area contributed by atoms with Gasteiger partial charge >= 0.3 is 6.03 Å². The van der Waals surface area contributed by atoms with Gasteiger partial charge in [0.15, 0.2) is 0 Å². The van der Waals surface area contributed by atoms with Crippen LogP contribution in [0.5, 0.6) is 0 Å². The third-order valence-electron chi connectivity index (χ3n) is 2.39. The summed E-state index contributed by atoms with van der Waals surface area (Å²) in [7, 11) is 0. The molecule has 0 radical (unpaired) electrons. The Morgan fingerprint density at radius 3 is 3.00 bits per heavy atom. The van der Waals surface area contributed by atoms with E-state index in [1.807, 2.05) is 6.92 Å². The molecule has 5 heteroatoms. The van der Waals surface area contributed by atoms with Crippen LogP contribution in [0.1, 0.15) is 19.8 Å². The highest BCUT2D eigenvalue weighted by molar-refractivity contribution is 5.73. The van der Waals surface area contributed by atoms with Crippen LogP contribution in [0.15, 0.2) is 0 Å². The van der Waals surface area contributed by atoms with Crippen LogP contribution in [0.25, 0.3) is 0 Å². The maximum atomic E-state index is 11.1. The molecule has 5 nitrogen and oxygen atoms in total. The van der Waals surface area contributed by atoms with Crippen molar-refractivity contribution in [2.75, 3.05) is 19.6 Å². The molecule has 1 saturated heterocycles. The van der Waals surface area contributed by atoms with Gasteiger partial charge in [-0.3, -0.25) is 4.79 Å². The predicted molar refractivity (Wildman–Crippen MR) is 52.9 cm³/mol. The lowest BCUT2D eigenvalue weighted by molar-refractivity contribution is -0.118. The second-order valence-corrected chi connectivity index (χ2v) is 3.38. The number of carbonyl (C=O) groups is 2. The van der Waals surface area contributed by atoms with E-state index < -0.39 is 0 Å². The number of amides is 3. The van der Waals surface area contributed by atoms with Crippen LogP contribution in [0, 0.1) is 0 Å². The second kappa shape index (κ2) is 5.47. The van der Waals surface area contributed by atoms with E-state index in [-0.39, 0.29) is 12.1 Å². The Hall–Kier alpha value is -1.26. The SMILES string of the molecule is CCNC(=O)NCC1CCCN1C=O. The van der Waals surface area contributed by atoms with Gasteiger partial charge in [-0.2, -0.15) is 0 Å². The minimum atomic E-state index is -0.162. The summed E-state index contributed by atoms with van der Waals surface area (Å²) in [5.74, 6) is 0. The zero-order valence-corrected chi connectivity index (χ0v) is 8.45. The number of urea groups is 1. The smallest absolute Gasteiger partial charge is 0.314 e. The first kappa shape index (κ1) is 10.8. The summed E-state index contributed by atoms with van der Waals surface area (Å²) in [4.78, 5) is 23.4. The van der Waals surface area contributed by atoms with E-state index in [0.29, 0.717) is 13.1 Å². The first-order valence-electron chi connectivity index (χ1n) is 5.00. The fourth-order valence-corrected chi connectivity index (χ4v) is 1.65. The van der Waals surface area contributed by atoms with Gasteiger partial charge in [0.05, 0.1) is 0 Å². The average Bonchev–Trinajstić information content (AvgIpc) is 2.62. The zero-order valence-electron chi connectivity index (χ0n) is 8.45. The molecule has 1 aliphatic heterocycles. The minimum absolute atomic E-state index is 0.162. The van der Waals surface area contributed by atoms with Gasteiger partial charge in [0.1, 0.15) is 0 Å². The number of hydrogen-bond acceptors (Lipinski definition) is 2. The zero-order chi connectivity index (χ0) is 10.4. The highest BCUT2D eigenvalue weighted by Gasteiger charge is 2.22. The number of carbonyl (C=O) groups excluding carboxylic acids is 2. The number of likely N-dealkylation sites (tertiary alicyclic amines) is 1. The molecule has 1 atom stereocenters. The van der Waals surface area contributed by atoms with Crippen LogP contribution in [0.4, 0.5) is 4.79 Å². The van der Waals surface area contributed by atoms with Crippen molar-refractivity contribution in [1.82, 2.24) is 15.5 Å². The average molecular weight is 199 g/mol. The molecule has 14 heavy (non-hydrogen) atoms. The molecule has 1 fully saturated rings. The molecule has 0 aromatic rings. The van der Waals surface area contributed by atoms with Gasteiger partial charge < -0.3 is 15.5 Å². The van der Waals surface area contributed by atoms with E-state index in [9.17, 15) is 9.59 Å². The molecule has 3 amide bonds. The van der Waals surface area contributed by atoms with Crippen LogP contribution >= 0.6 is 0 Å². The first-order valence-corrected chi connectivity index (χ1v) is 5.00. The maximum Gasteiger partial charge on any atom is 0.314 e.